The van der Waals surface area contributed by atoms with Crippen LogP contribution in [0.2, 0.25) is 0 Å². The Morgan fingerprint density at radius 2 is 1.96 bits per heavy atom. The highest BCUT2D eigenvalue weighted by molar-refractivity contribution is 6.07. The van der Waals surface area contributed by atoms with Gasteiger partial charge in [-0.15, -0.1) is 0 Å². The average Bonchev–Trinajstić information content (AvgIpc) is 2.84. The Kier molecular flexibility index (Phi) is 5.19. The third kappa shape index (κ3) is 3.29. The summed E-state index contributed by atoms with van der Waals surface area (Å²) in [6.07, 6.45) is 0.793. The smallest absolute Gasteiger partial charge is 0.325 e. The first-order valence-electron chi connectivity index (χ1n) is 9.14. The number of benzene rings is 1. The summed E-state index contributed by atoms with van der Waals surface area (Å²) in [4.78, 5) is 42.5. The van der Waals surface area contributed by atoms with Gasteiger partial charge < -0.3 is 9.80 Å². The Bertz CT molecular complexity index is 759. The quantitative estimate of drug-likeness (QED) is 0.806. The lowest BCUT2D eigenvalue weighted by Gasteiger charge is -2.43. The zero-order chi connectivity index (χ0) is 19.8. The summed E-state index contributed by atoms with van der Waals surface area (Å²) in [5, 5.41) is 2.39. The van der Waals surface area contributed by atoms with Crippen molar-refractivity contribution < 1.29 is 18.8 Å². The molecule has 146 valence electrons. The van der Waals surface area contributed by atoms with Crippen LogP contribution >= 0.6 is 0 Å². The van der Waals surface area contributed by atoms with Gasteiger partial charge in [-0.3, -0.25) is 19.8 Å². The molecule has 0 bridgehead atoms. The number of nitrogens with one attached hydrogen (secondary N) is 1. The van der Waals surface area contributed by atoms with Gasteiger partial charge in [-0.25, -0.2) is 9.18 Å². The van der Waals surface area contributed by atoms with Crippen LogP contribution in [0.5, 0.6) is 0 Å². The molecule has 2 saturated heterocycles. The molecular weight excluding hydrogens is 351 g/mol. The van der Waals surface area contributed by atoms with E-state index in [0.29, 0.717) is 38.0 Å². The molecule has 2 aliphatic heterocycles. The molecule has 3 rings (SSSR count). The summed E-state index contributed by atoms with van der Waals surface area (Å²) in [7, 11) is 3.56. The van der Waals surface area contributed by atoms with Gasteiger partial charge in [0, 0.05) is 19.6 Å². The molecule has 2 fully saturated rings. The van der Waals surface area contributed by atoms with E-state index < -0.39 is 11.6 Å². The summed E-state index contributed by atoms with van der Waals surface area (Å²) in [5.74, 6) is -0.798. The molecule has 0 unspecified atom stereocenters. The van der Waals surface area contributed by atoms with Crippen molar-refractivity contribution in [2.75, 3.05) is 33.7 Å². The number of halogens is 1. The SMILES string of the molecule is CCN1C(=O)NC(=O)C12CCN(C(=O)[C@H](c1cccc(F)c1)N(C)C)CC2. The van der Waals surface area contributed by atoms with Crippen molar-refractivity contribution in [2.45, 2.75) is 31.3 Å². The van der Waals surface area contributed by atoms with Crippen LogP contribution in [0.25, 0.3) is 0 Å². The van der Waals surface area contributed by atoms with Crippen molar-refractivity contribution in [1.29, 1.82) is 0 Å². The average molecular weight is 376 g/mol. The van der Waals surface area contributed by atoms with Crippen LogP contribution in [-0.4, -0.2) is 71.8 Å². The lowest BCUT2D eigenvalue weighted by molar-refractivity contribution is -0.141. The fraction of sp³-hybridized carbons (Fsp3) is 0.526. The summed E-state index contributed by atoms with van der Waals surface area (Å²) in [5.41, 5.74) is -0.274. The molecule has 0 aromatic heterocycles. The van der Waals surface area contributed by atoms with Gasteiger partial charge >= 0.3 is 6.03 Å². The zero-order valence-corrected chi connectivity index (χ0v) is 15.9. The van der Waals surface area contributed by atoms with Crippen molar-refractivity contribution >= 4 is 17.8 Å². The summed E-state index contributed by atoms with van der Waals surface area (Å²) >= 11 is 0. The minimum absolute atomic E-state index is 0.131. The molecular formula is C19H25FN4O3. The van der Waals surface area contributed by atoms with E-state index in [-0.39, 0.29) is 23.7 Å². The number of nitrogens with zero attached hydrogens (tertiary/aromatic N) is 3. The number of amides is 4. The topological polar surface area (TPSA) is 73.0 Å². The molecule has 0 saturated carbocycles. The standard InChI is InChI=1S/C19H25FN4O3/c1-4-24-18(27)21-17(26)19(24)8-10-23(11-9-19)16(25)15(22(2)3)13-6-5-7-14(20)12-13/h5-7,12,15H,4,8-11H2,1-3H3,(H,21,26,27)/t15-/m0/s1. The number of hydrogen-bond acceptors (Lipinski definition) is 4. The van der Waals surface area contributed by atoms with E-state index in [4.69, 9.17) is 0 Å². The van der Waals surface area contributed by atoms with E-state index in [1.54, 1.807) is 40.9 Å². The Balaban J connectivity index is 1.77. The molecule has 1 spiro atoms. The van der Waals surface area contributed by atoms with Gasteiger partial charge in [0.05, 0.1) is 0 Å². The molecule has 1 atom stereocenters. The third-order valence-corrected chi connectivity index (χ3v) is 5.54. The van der Waals surface area contributed by atoms with E-state index in [0.717, 1.165) is 0 Å². The van der Waals surface area contributed by atoms with Crippen LogP contribution in [0.15, 0.2) is 24.3 Å². The number of likely N-dealkylation sites (N-methyl/N-ethyl adjacent to an activating group) is 2. The largest absolute Gasteiger partial charge is 0.341 e. The maximum atomic E-state index is 13.6. The fourth-order valence-corrected chi connectivity index (χ4v) is 4.15. The molecule has 27 heavy (non-hydrogen) atoms. The number of hydrogen-bond donors (Lipinski definition) is 1. The first kappa shape index (κ1) is 19.3. The predicted octanol–water partition coefficient (Wildman–Crippen LogP) is 1.36. The Labute approximate surface area is 158 Å². The second kappa shape index (κ2) is 7.26. The molecule has 1 N–H and O–H groups in total. The third-order valence-electron chi connectivity index (χ3n) is 5.54. The van der Waals surface area contributed by atoms with E-state index in [1.165, 1.54) is 12.1 Å². The fourth-order valence-electron chi connectivity index (χ4n) is 4.15. The van der Waals surface area contributed by atoms with Crippen molar-refractivity contribution in [3.8, 4) is 0 Å². The lowest BCUT2D eigenvalue weighted by Crippen LogP contribution is -2.58. The van der Waals surface area contributed by atoms with E-state index >= 15 is 0 Å². The normalized spacial score (nSPS) is 20.3. The highest BCUT2D eigenvalue weighted by Gasteiger charge is 2.53. The van der Waals surface area contributed by atoms with Crippen molar-refractivity contribution in [2.24, 2.45) is 0 Å². The Hall–Kier alpha value is -2.48. The van der Waals surface area contributed by atoms with Crippen LogP contribution in [0.1, 0.15) is 31.4 Å². The van der Waals surface area contributed by atoms with Gasteiger partial charge in [0.25, 0.3) is 5.91 Å². The van der Waals surface area contributed by atoms with Crippen LogP contribution in [0.3, 0.4) is 0 Å². The number of carbonyl (C=O) groups is 3. The van der Waals surface area contributed by atoms with E-state index in [9.17, 15) is 18.8 Å². The minimum Gasteiger partial charge on any atom is -0.341 e. The number of imide groups is 1. The van der Waals surface area contributed by atoms with Crippen LogP contribution in [0, 0.1) is 5.82 Å². The molecule has 7 nitrogen and oxygen atoms in total. The molecule has 8 heteroatoms. The zero-order valence-electron chi connectivity index (χ0n) is 15.9. The van der Waals surface area contributed by atoms with Crippen LogP contribution < -0.4 is 5.32 Å². The molecule has 1 aromatic carbocycles. The molecule has 2 heterocycles. The second-order valence-corrected chi connectivity index (χ2v) is 7.28. The van der Waals surface area contributed by atoms with Gasteiger partial charge in [0.1, 0.15) is 17.4 Å². The van der Waals surface area contributed by atoms with Gasteiger partial charge in [-0.1, -0.05) is 12.1 Å². The van der Waals surface area contributed by atoms with E-state index in [1.807, 2.05) is 6.92 Å². The van der Waals surface area contributed by atoms with Crippen molar-refractivity contribution in [3.05, 3.63) is 35.6 Å². The maximum absolute atomic E-state index is 13.6. The van der Waals surface area contributed by atoms with Crippen LogP contribution in [0.4, 0.5) is 9.18 Å². The Morgan fingerprint density at radius 1 is 1.30 bits per heavy atom. The van der Waals surface area contributed by atoms with Gasteiger partial charge in [-0.2, -0.15) is 0 Å². The first-order valence-corrected chi connectivity index (χ1v) is 9.14. The van der Waals surface area contributed by atoms with Crippen LogP contribution in [-0.2, 0) is 9.59 Å². The summed E-state index contributed by atoms with van der Waals surface area (Å²) in [6.45, 7) is 3.02. The molecule has 1 aromatic rings. The molecule has 4 amide bonds. The molecule has 0 aliphatic carbocycles. The van der Waals surface area contributed by atoms with E-state index in [2.05, 4.69) is 5.32 Å². The predicted molar refractivity (Wildman–Crippen MR) is 97.3 cm³/mol. The number of rotatable bonds is 4. The number of carbonyl (C=O) groups excluding carboxylic acids is 3. The summed E-state index contributed by atoms with van der Waals surface area (Å²) in [6, 6.07) is 5.08. The second-order valence-electron chi connectivity index (χ2n) is 7.28. The molecule has 0 radical (unpaired) electrons. The lowest BCUT2D eigenvalue weighted by atomic mass is 9.85. The first-order chi connectivity index (χ1) is 12.8. The Morgan fingerprint density at radius 3 is 2.52 bits per heavy atom. The van der Waals surface area contributed by atoms with Crippen molar-refractivity contribution in [3.63, 3.8) is 0 Å². The number of likely N-dealkylation sites (tertiary alicyclic amines) is 1. The highest BCUT2D eigenvalue weighted by atomic mass is 19.1. The number of urea groups is 1. The van der Waals surface area contributed by atoms with Gasteiger partial charge in [0.15, 0.2) is 0 Å². The van der Waals surface area contributed by atoms with Gasteiger partial charge in [0.2, 0.25) is 5.91 Å². The van der Waals surface area contributed by atoms with Crippen molar-refractivity contribution in [1.82, 2.24) is 20.0 Å². The highest BCUT2D eigenvalue weighted by Crippen LogP contribution is 2.34. The number of piperidine rings is 1. The maximum Gasteiger partial charge on any atom is 0.325 e. The molecule has 2 aliphatic rings. The minimum atomic E-state index is -0.866. The monoisotopic (exact) mass is 376 g/mol. The summed E-state index contributed by atoms with van der Waals surface area (Å²) < 4.78 is 13.6. The van der Waals surface area contributed by atoms with Gasteiger partial charge in [-0.05, 0) is 51.6 Å².